The molecule has 0 amide bonds. The molecule has 0 spiro atoms. The van der Waals surface area contributed by atoms with E-state index in [1.54, 1.807) is 7.11 Å². The second kappa shape index (κ2) is 5.10. The van der Waals surface area contributed by atoms with Crippen molar-refractivity contribution in [2.45, 2.75) is 45.3 Å². The van der Waals surface area contributed by atoms with E-state index in [-0.39, 0.29) is 5.60 Å². The summed E-state index contributed by atoms with van der Waals surface area (Å²) in [4.78, 5) is 2.13. The van der Waals surface area contributed by atoms with Gasteiger partial charge in [-0.15, -0.1) is 0 Å². The molecule has 1 N–H and O–H groups in total. The van der Waals surface area contributed by atoms with Crippen molar-refractivity contribution in [3.63, 3.8) is 0 Å². The number of aliphatic hydroxyl groups is 1. The average Bonchev–Trinajstić information content (AvgIpc) is 1.98. The maximum atomic E-state index is 9.60. The lowest BCUT2D eigenvalue weighted by Crippen LogP contribution is -2.39. The van der Waals surface area contributed by atoms with Crippen LogP contribution in [-0.4, -0.2) is 48.5 Å². The van der Waals surface area contributed by atoms with Crippen LogP contribution in [0.1, 0.15) is 34.1 Å². The fraction of sp³-hybridized carbons (Fsp3) is 1.00. The van der Waals surface area contributed by atoms with Crippen LogP contribution in [0.5, 0.6) is 0 Å². The third-order valence-corrected chi connectivity index (χ3v) is 2.31. The number of methoxy groups -OCH3 is 1. The van der Waals surface area contributed by atoms with Gasteiger partial charge in [-0.25, -0.2) is 0 Å². The Morgan fingerprint density at radius 2 is 1.71 bits per heavy atom. The first-order chi connectivity index (χ1) is 6.16. The number of nitrogens with zero attached hydrogens (tertiary/aromatic N) is 1. The molecule has 3 nitrogen and oxygen atoms in total. The van der Waals surface area contributed by atoms with Crippen LogP contribution in [0.15, 0.2) is 0 Å². The van der Waals surface area contributed by atoms with Gasteiger partial charge in [0, 0.05) is 20.2 Å². The van der Waals surface area contributed by atoms with E-state index < -0.39 is 5.60 Å². The van der Waals surface area contributed by atoms with Gasteiger partial charge in [0.05, 0.1) is 11.2 Å². The molecule has 0 aliphatic carbocycles. The van der Waals surface area contributed by atoms with Crippen LogP contribution in [0.2, 0.25) is 0 Å². The molecule has 3 heteroatoms. The van der Waals surface area contributed by atoms with Gasteiger partial charge in [0.2, 0.25) is 0 Å². The van der Waals surface area contributed by atoms with Gasteiger partial charge >= 0.3 is 0 Å². The number of hydrogen-bond acceptors (Lipinski definition) is 3. The summed E-state index contributed by atoms with van der Waals surface area (Å²) in [7, 11) is 3.75. The first kappa shape index (κ1) is 13.9. The second-order valence-electron chi connectivity index (χ2n) is 5.26. The smallest absolute Gasteiger partial charge is 0.0718 e. The van der Waals surface area contributed by atoms with Crippen LogP contribution in [-0.2, 0) is 4.74 Å². The van der Waals surface area contributed by atoms with Gasteiger partial charge in [0.15, 0.2) is 0 Å². The molecule has 86 valence electrons. The number of rotatable bonds is 6. The number of ether oxygens (including phenoxy) is 1. The topological polar surface area (TPSA) is 32.7 Å². The average molecular weight is 203 g/mol. The molecular formula is C11H25NO2. The Labute approximate surface area is 88.1 Å². The summed E-state index contributed by atoms with van der Waals surface area (Å²) >= 11 is 0. The minimum absolute atomic E-state index is 0.0755. The largest absolute Gasteiger partial charge is 0.389 e. The molecule has 0 rings (SSSR count). The summed E-state index contributed by atoms with van der Waals surface area (Å²) in [6.07, 6.45) is 0.968. The maximum absolute atomic E-state index is 9.60. The van der Waals surface area contributed by atoms with E-state index in [4.69, 9.17) is 4.74 Å². The van der Waals surface area contributed by atoms with Crippen molar-refractivity contribution in [2.24, 2.45) is 0 Å². The molecule has 0 fully saturated rings. The third kappa shape index (κ3) is 7.30. The summed E-state index contributed by atoms with van der Waals surface area (Å²) < 4.78 is 5.33. The van der Waals surface area contributed by atoms with Gasteiger partial charge in [-0.3, -0.25) is 0 Å². The van der Waals surface area contributed by atoms with Crippen molar-refractivity contribution in [3.8, 4) is 0 Å². The van der Waals surface area contributed by atoms with Crippen LogP contribution in [0.25, 0.3) is 0 Å². The minimum Gasteiger partial charge on any atom is -0.389 e. The second-order valence-corrected chi connectivity index (χ2v) is 5.26. The van der Waals surface area contributed by atoms with E-state index in [1.165, 1.54) is 0 Å². The SMILES string of the molecule is COC(C)(C)CCN(C)CC(C)(C)O. The zero-order valence-electron chi connectivity index (χ0n) is 10.4. The lowest BCUT2D eigenvalue weighted by atomic mass is 10.0. The fourth-order valence-electron chi connectivity index (χ4n) is 1.30. The normalized spacial score (nSPS) is 13.7. The van der Waals surface area contributed by atoms with E-state index in [0.717, 1.165) is 13.0 Å². The molecule has 0 bridgehead atoms. The first-order valence-corrected chi connectivity index (χ1v) is 5.12. The molecule has 0 saturated heterocycles. The quantitative estimate of drug-likeness (QED) is 0.710. The maximum Gasteiger partial charge on any atom is 0.0718 e. The molecule has 0 heterocycles. The number of likely N-dealkylation sites (N-methyl/N-ethyl adjacent to an activating group) is 1. The van der Waals surface area contributed by atoms with Crippen LogP contribution >= 0.6 is 0 Å². The molecule has 0 aliphatic rings. The Kier molecular flexibility index (Phi) is 5.06. The molecule has 0 aromatic carbocycles. The van der Waals surface area contributed by atoms with E-state index >= 15 is 0 Å². The summed E-state index contributed by atoms with van der Waals surface area (Å²) in [5.74, 6) is 0. The monoisotopic (exact) mass is 203 g/mol. The fourth-order valence-corrected chi connectivity index (χ4v) is 1.30. The first-order valence-electron chi connectivity index (χ1n) is 5.12. The van der Waals surface area contributed by atoms with Gasteiger partial charge < -0.3 is 14.7 Å². The zero-order valence-corrected chi connectivity index (χ0v) is 10.4. The molecule has 0 aliphatic heterocycles. The Hall–Kier alpha value is -0.120. The Morgan fingerprint density at radius 1 is 1.21 bits per heavy atom. The highest BCUT2D eigenvalue weighted by Crippen LogP contribution is 2.14. The molecule has 0 aromatic rings. The molecule has 0 atom stereocenters. The number of hydrogen-bond donors (Lipinski definition) is 1. The van der Waals surface area contributed by atoms with Crippen molar-refractivity contribution in [1.29, 1.82) is 0 Å². The lowest BCUT2D eigenvalue weighted by molar-refractivity contribution is -0.00142. The highest BCUT2D eigenvalue weighted by molar-refractivity contribution is 4.73. The highest BCUT2D eigenvalue weighted by atomic mass is 16.5. The van der Waals surface area contributed by atoms with E-state index in [1.807, 2.05) is 20.9 Å². The minimum atomic E-state index is -0.619. The van der Waals surface area contributed by atoms with Gasteiger partial charge in [-0.2, -0.15) is 0 Å². The Balaban J connectivity index is 3.80. The summed E-state index contributed by atoms with van der Waals surface area (Å²) in [5.41, 5.74) is -0.695. The Bertz CT molecular complexity index is 161. The van der Waals surface area contributed by atoms with E-state index in [9.17, 15) is 5.11 Å². The third-order valence-electron chi connectivity index (χ3n) is 2.31. The summed E-state index contributed by atoms with van der Waals surface area (Å²) in [6, 6.07) is 0. The van der Waals surface area contributed by atoms with Crippen molar-refractivity contribution < 1.29 is 9.84 Å². The van der Waals surface area contributed by atoms with E-state index in [0.29, 0.717) is 6.54 Å². The molecule has 0 saturated carbocycles. The summed E-state index contributed by atoms with van der Waals surface area (Å²) in [6.45, 7) is 9.42. The zero-order chi connectivity index (χ0) is 11.4. The van der Waals surface area contributed by atoms with Gasteiger partial charge in [0.25, 0.3) is 0 Å². The molecule has 0 aromatic heterocycles. The lowest BCUT2D eigenvalue weighted by Gasteiger charge is -2.29. The van der Waals surface area contributed by atoms with Gasteiger partial charge in [-0.1, -0.05) is 0 Å². The van der Waals surface area contributed by atoms with Gasteiger partial charge in [-0.05, 0) is 41.2 Å². The predicted molar refractivity (Wildman–Crippen MR) is 59.5 cm³/mol. The van der Waals surface area contributed by atoms with Crippen LogP contribution in [0, 0.1) is 0 Å². The van der Waals surface area contributed by atoms with Crippen molar-refractivity contribution in [1.82, 2.24) is 4.90 Å². The van der Waals surface area contributed by atoms with Crippen LogP contribution in [0.3, 0.4) is 0 Å². The van der Waals surface area contributed by atoms with Gasteiger partial charge in [0.1, 0.15) is 0 Å². The van der Waals surface area contributed by atoms with Crippen LogP contribution < -0.4 is 0 Å². The molecule has 14 heavy (non-hydrogen) atoms. The van der Waals surface area contributed by atoms with Crippen molar-refractivity contribution in [2.75, 3.05) is 27.2 Å². The van der Waals surface area contributed by atoms with Crippen molar-refractivity contribution in [3.05, 3.63) is 0 Å². The molecular weight excluding hydrogens is 178 g/mol. The standard InChI is InChI=1S/C11H25NO2/c1-10(2,13)9-12(5)8-7-11(3,4)14-6/h13H,7-9H2,1-6H3. The van der Waals surface area contributed by atoms with Crippen molar-refractivity contribution >= 4 is 0 Å². The molecule has 0 unspecified atom stereocenters. The molecule has 0 radical (unpaired) electrons. The summed E-state index contributed by atoms with van der Waals surface area (Å²) in [5, 5.41) is 9.60. The van der Waals surface area contributed by atoms with E-state index in [2.05, 4.69) is 18.7 Å². The van der Waals surface area contributed by atoms with Crippen LogP contribution in [0.4, 0.5) is 0 Å². The highest BCUT2D eigenvalue weighted by Gasteiger charge is 2.19. The Morgan fingerprint density at radius 3 is 2.07 bits per heavy atom. The predicted octanol–water partition coefficient (Wildman–Crippen LogP) is 1.50.